The van der Waals surface area contributed by atoms with Crippen LogP contribution < -0.4 is 5.32 Å². The lowest BCUT2D eigenvalue weighted by molar-refractivity contribution is -0.137. The van der Waals surface area contributed by atoms with Crippen molar-refractivity contribution in [3.8, 4) is 0 Å². The number of carboxylic acids is 1. The smallest absolute Gasteiger partial charge is 0.318 e. The average Bonchev–Trinajstić information content (AvgIpc) is 2.60. The van der Waals surface area contributed by atoms with Crippen LogP contribution in [0, 0.1) is 0 Å². The maximum absolute atomic E-state index is 12.6. The van der Waals surface area contributed by atoms with Crippen LogP contribution in [-0.2, 0) is 16.0 Å². The first-order valence-electron chi connectivity index (χ1n) is 8.97. The molecule has 1 saturated heterocycles. The van der Waals surface area contributed by atoms with Crippen molar-refractivity contribution in [2.75, 3.05) is 19.6 Å². The Bertz CT molecular complexity index is 633. The first kappa shape index (κ1) is 19.8. The van der Waals surface area contributed by atoms with Crippen molar-refractivity contribution in [2.45, 2.75) is 45.2 Å². The van der Waals surface area contributed by atoms with Gasteiger partial charge in [-0.25, -0.2) is 4.79 Å². The molecule has 3 amide bonds. The Hall–Kier alpha value is -2.57. The molecule has 0 spiro atoms. The van der Waals surface area contributed by atoms with Gasteiger partial charge in [0.2, 0.25) is 5.91 Å². The van der Waals surface area contributed by atoms with Crippen molar-refractivity contribution in [3.05, 3.63) is 35.9 Å². The van der Waals surface area contributed by atoms with Crippen LogP contribution in [0.4, 0.5) is 4.79 Å². The van der Waals surface area contributed by atoms with E-state index in [0.717, 1.165) is 5.56 Å². The summed E-state index contributed by atoms with van der Waals surface area (Å²) < 4.78 is 0. The van der Waals surface area contributed by atoms with Gasteiger partial charge in [0, 0.05) is 31.6 Å². The number of rotatable bonds is 7. The number of aliphatic carboxylic acids is 1. The Kier molecular flexibility index (Phi) is 7.00. The third-order valence-electron chi connectivity index (χ3n) is 4.53. The highest BCUT2D eigenvalue weighted by molar-refractivity contribution is 5.85. The van der Waals surface area contributed by atoms with E-state index in [2.05, 4.69) is 5.32 Å². The zero-order valence-electron chi connectivity index (χ0n) is 15.4. The number of carbonyl (C=O) groups excluding carboxylic acids is 2. The largest absolute Gasteiger partial charge is 0.481 e. The Morgan fingerprint density at radius 1 is 1.19 bits per heavy atom. The van der Waals surface area contributed by atoms with Gasteiger partial charge in [0.15, 0.2) is 0 Å². The van der Waals surface area contributed by atoms with Gasteiger partial charge in [-0.3, -0.25) is 9.59 Å². The van der Waals surface area contributed by atoms with E-state index >= 15 is 0 Å². The van der Waals surface area contributed by atoms with E-state index in [4.69, 9.17) is 5.11 Å². The van der Waals surface area contributed by atoms with Gasteiger partial charge < -0.3 is 20.2 Å². The molecule has 1 fully saturated rings. The molecule has 1 heterocycles. The molecule has 0 radical (unpaired) electrons. The van der Waals surface area contributed by atoms with Crippen LogP contribution in [0.25, 0.3) is 0 Å². The lowest BCUT2D eigenvalue weighted by atomic mass is 10.0. The van der Waals surface area contributed by atoms with Crippen LogP contribution >= 0.6 is 0 Å². The van der Waals surface area contributed by atoms with Gasteiger partial charge in [0.1, 0.15) is 6.54 Å². The number of urea groups is 1. The predicted molar refractivity (Wildman–Crippen MR) is 97.8 cm³/mol. The molecule has 1 unspecified atom stereocenters. The van der Waals surface area contributed by atoms with Crippen LogP contribution in [0.15, 0.2) is 30.3 Å². The molecule has 1 aromatic carbocycles. The van der Waals surface area contributed by atoms with Crippen LogP contribution in [0.2, 0.25) is 0 Å². The van der Waals surface area contributed by atoms with Gasteiger partial charge in [0.05, 0.1) is 0 Å². The third-order valence-corrected chi connectivity index (χ3v) is 4.53. The Labute approximate surface area is 154 Å². The molecule has 0 aliphatic carbocycles. The molecule has 0 saturated carbocycles. The Balaban J connectivity index is 1.96. The molecular formula is C19H27N3O4. The maximum atomic E-state index is 12.6. The molecular weight excluding hydrogens is 334 g/mol. The number of carboxylic acid groups (broad SMARTS) is 1. The number of benzene rings is 1. The van der Waals surface area contributed by atoms with Crippen molar-refractivity contribution in [1.29, 1.82) is 0 Å². The molecule has 0 bridgehead atoms. The number of piperazine rings is 1. The number of carbonyl (C=O) groups is 3. The molecule has 2 N–H and O–H groups in total. The standard InChI is InChI=1S/C19H27N3O4/c1-14(2)22-11-10-21(13-17(22)23)19(26)20-16(8-9-18(24)25)12-15-6-4-3-5-7-15/h3-7,14,16H,8-13H2,1-2H3,(H,20,26)(H,24,25). The molecule has 26 heavy (non-hydrogen) atoms. The normalized spacial score (nSPS) is 15.9. The monoisotopic (exact) mass is 361 g/mol. The summed E-state index contributed by atoms with van der Waals surface area (Å²) in [5.41, 5.74) is 1.03. The quantitative estimate of drug-likeness (QED) is 0.774. The first-order valence-corrected chi connectivity index (χ1v) is 8.97. The van der Waals surface area contributed by atoms with Crippen molar-refractivity contribution < 1.29 is 19.5 Å². The second-order valence-electron chi connectivity index (χ2n) is 6.87. The van der Waals surface area contributed by atoms with Crippen molar-refractivity contribution in [1.82, 2.24) is 15.1 Å². The summed E-state index contributed by atoms with van der Waals surface area (Å²) in [6.45, 7) is 4.96. The molecule has 7 nitrogen and oxygen atoms in total. The molecule has 7 heteroatoms. The maximum Gasteiger partial charge on any atom is 0.318 e. The summed E-state index contributed by atoms with van der Waals surface area (Å²) in [7, 11) is 0. The van der Waals surface area contributed by atoms with Crippen LogP contribution in [0.3, 0.4) is 0 Å². The summed E-state index contributed by atoms with van der Waals surface area (Å²) >= 11 is 0. The highest BCUT2D eigenvalue weighted by atomic mass is 16.4. The van der Waals surface area contributed by atoms with E-state index in [-0.39, 0.29) is 37.0 Å². The molecule has 1 aromatic rings. The Morgan fingerprint density at radius 3 is 2.46 bits per heavy atom. The lowest BCUT2D eigenvalue weighted by Gasteiger charge is -2.37. The fraction of sp³-hybridized carbons (Fsp3) is 0.526. The molecule has 1 aliphatic rings. The van der Waals surface area contributed by atoms with Gasteiger partial charge in [-0.2, -0.15) is 0 Å². The van der Waals surface area contributed by atoms with E-state index in [1.807, 2.05) is 44.2 Å². The summed E-state index contributed by atoms with van der Waals surface area (Å²) in [6.07, 6.45) is 0.882. The minimum atomic E-state index is -0.891. The fourth-order valence-electron chi connectivity index (χ4n) is 3.09. The topological polar surface area (TPSA) is 89.9 Å². The molecule has 0 aromatic heterocycles. The first-order chi connectivity index (χ1) is 12.4. The fourth-order valence-corrected chi connectivity index (χ4v) is 3.09. The van der Waals surface area contributed by atoms with E-state index in [0.29, 0.717) is 25.9 Å². The lowest BCUT2D eigenvalue weighted by Crippen LogP contribution is -2.57. The molecule has 1 aliphatic heterocycles. The van der Waals surface area contributed by atoms with E-state index in [1.54, 1.807) is 4.90 Å². The number of hydrogen-bond donors (Lipinski definition) is 2. The van der Waals surface area contributed by atoms with Gasteiger partial charge in [-0.1, -0.05) is 30.3 Å². The van der Waals surface area contributed by atoms with Crippen LogP contribution in [-0.4, -0.2) is 64.5 Å². The SMILES string of the molecule is CC(C)N1CCN(C(=O)NC(CCC(=O)O)Cc2ccccc2)CC1=O. The molecule has 1 atom stereocenters. The van der Waals surface area contributed by atoms with Gasteiger partial charge >= 0.3 is 12.0 Å². The summed E-state index contributed by atoms with van der Waals surface area (Å²) in [5, 5.41) is 11.9. The summed E-state index contributed by atoms with van der Waals surface area (Å²) in [5.74, 6) is -0.954. The minimum absolute atomic E-state index is 0.0160. The molecule has 142 valence electrons. The zero-order valence-corrected chi connectivity index (χ0v) is 15.4. The van der Waals surface area contributed by atoms with E-state index < -0.39 is 5.97 Å². The average molecular weight is 361 g/mol. The van der Waals surface area contributed by atoms with E-state index in [1.165, 1.54) is 4.90 Å². The number of hydrogen-bond acceptors (Lipinski definition) is 3. The second-order valence-corrected chi connectivity index (χ2v) is 6.87. The summed E-state index contributed by atoms with van der Waals surface area (Å²) in [6, 6.07) is 9.15. The predicted octanol–water partition coefficient (Wildman–Crippen LogP) is 1.72. The van der Waals surface area contributed by atoms with Gasteiger partial charge in [-0.15, -0.1) is 0 Å². The van der Waals surface area contributed by atoms with Crippen molar-refractivity contribution in [2.24, 2.45) is 0 Å². The minimum Gasteiger partial charge on any atom is -0.481 e. The summed E-state index contributed by atoms with van der Waals surface area (Å²) in [4.78, 5) is 38.9. The van der Waals surface area contributed by atoms with Crippen LogP contribution in [0.1, 0.15) is 32.3 Å². The highest BCUT2D eigenvalue weighted by Crippen LogP contribution is 2.11. The number of amides is 3. The van der Waals surface area contributed by atoms with Crippen molar-refractivity contribution in [3.63, 3.8) is 0 Å². The van der Waals surface area contributed by atoms with Gasteiger partial charge in [0.25, 0.3) is 0 Å². The number of nitrogens with zero attached hydrogens (tertiary/aromatic N) is 2. The molecule has 2 rings (SSSR count). The van der Waals surface area contributed by atoms with Crippen molar-refractivity contribution >= 4 is 17.9 Å². The van der Waals surface area contributed by atoms with E-state index in [9.17, 15) is 14.4 Å². The highest BCUT2D eigenvalue weighted by Gasteiger charge is 2.29. The van der Waals surface area contributed by atoms with Crippen LogP contribution in [0.5, 0.6) is 0 Å². The number of nitrogens with one attached hydrogen (secondary N) is 1. The Morgan fingerprint density at radius 2 is 1.88 bits per heavy atom. The second kappa shape index (κ2) is 9.22. The third kappa shape index (κ3) is 5.75. The van der Waals surface area contributed by atoms with Gasteiger partial charge in [-0.05, 0) is 32.3 Å². The zero-order chi connectivity index (χ0) is 19.1.